The van der Waals surface area contributed by atoms with E-state index in [9.17, 15) is 8.42 Å². The van der Waals surface area contributed by atoms with Gasteiger partial charge in [-0.2, -0.15) is 0 Å². The molecule has 0 radical (unpaired) electrons. The smallest absolute Gasteiger partial charge is 0.208 e. The predicted octanol–water partition coefficient (Wildman–Crippen LogP) is 3.79. The van der Waals surface area contributed by atoms with Gasteiger partial charge >= 0.3 is 0 Å². The second kappa shape index (κ2) is 5.21. The standard InChI is InChI=1S/C18H20O3S/c1-11-5-7-15(8-6-11)22(19,20)18-17(21-18)16-13(3)9-12(2)10-14(16)4/h5-10,17-18H,1-4H3. The van der Waals surface area contributed by atoms with Crippen molar-refractivity contribution in [3.63, 3.8) is 0 Å². The minimum Gasteiger partial charge on any atom is -0.347 e. The van der Waals surface area contributed by atoms with Crippen LogP contribution in [0, 0.1) is 27.7 Å². The van der Waals surface area contributed by atoms with Gasteiger partial charge in [0.1, 0.15) is 6.10 Å². The minimum atomic E-state index is -3.45. The molecule has 0 saturated carbocycles. The second-order valence-corrected chi connectivity index (χ2v) is 8.12. The number of aryl methyl sites for hydroxylation is 4. The van der Waals surface area contributed by atoms with Crippen molar-refractivity contribution in [2.24, 2.45) is 0 Å². The van der Waals surface area contributed by atoms with E-state index in [2.05, 4.69) is 12.1 Å². The molecule has 1 saturated heterocycles. The molecule has 0 amide bonds. The Morgan fingerprint density at radius 1 is 0.864 bits per heavy atom. The van der Waals surface area contributed by atoms with Crippen LogP contribution in [-0.4, -0.2) is 13.9 Å². The molecule has 22 heavy (non-hydrogen) atoms. The molecule has 0 spiro atoms. The zero-order valence-electron chi connectivity index (χ0n) is 13.3. The molecular weight excluding hydrogens is 296 g/mol. The monoisotopic (exact) mass is 316 g/mol. The molecule has 4 heteroatoms. The molecule has 1 fully saturated rings. The number of ether oxygens (including phenoxy) is 1. The summed E-state index contributed by atoms with van der Waals surface area (Å²) in [5.41, 5.74) is 4.63. The van der Waals surface area contributed by atoms with Crippen LogP contribution in [0.4, 0.5) is 0 Å². The summed E-state index contributed by atoms with van der Waals surface area (Å²) >= 11 is 0. The molecule has 1 heterocycles. The van der Waals surface area contributed by atoms with Crippen LogP contribution in [0.5, 0.6) is 0 Å². The van der Waals surface area contributed by atoms with Gasteiger partial charge in [0.25, 0.3) is 0 Å². The summed E-state index contributed by atoms with van der Waals surface area (Å²) in [6, 6.07) is 11.1. The van der Waals surface area contributed by atoms with Crippen molar-refractivity contribution in [3.8, 4) is 0 Å². The maximum Gasteiger partial charge on any atom is 0.208 e. The summed E-state index contributed by atoms with van der Waals surface area (Å²) in [7, 11) is -3.45. The number of sulfone groups is 1. The zero-order valence-corrected chi connectivity index (χ0v) is 14.1. The topological polar surface area (TPSA) is 46.7 Å². The molecule has 1 aliphatic heterocycles. The van der Waals surface area contributed by atoms with Crippen molar-refractivity contribution < 1.29 is 13.2 Å². The molecule has 0 aliphatic carbocycles. The lowest BCUT2D eigenvalue weighted by Crippen LogP contribution is -2.10. The third-order valence-corrected chi connectivity index (χ3v) is 6.03. The lowest BCUT2D eigenvalue weighted by atomic mass is 9.98. The maximum absolute atomic E-state index is 12.7. The lowest BCUT2D eigenvalue weighted by Gasteiger charge is -2.09. The van der Waals surface area contributed by atoms with Crippen LogP contribution < -0.4 is 0 Å². The first kappa shape index (κ1) is 15.3. The maximum atomic E-state index is 12.7. The highest BCUT2D eigenvalue weighted by Gasteiger charge is 2.51. The summed E-state index contributed by atoms with van der Waals surface area (Å²) < 4.78 is 30.9. The zero-order chi connectivity index (χ0) is 16.1. The highest BCUT2D eigenvalue weighted by molar-refractivity contribution is 7.92. The SMILES string of the molecule is Cc1ccc(S(=O)(=O)C2OC2c2c(C)cc(C)cc2C)cc1. The molecule has 0 N–H and O–H groups in total. The molecule has 116 valence electrons. The normalized spacial score (nSPS) is 20.9. The number of hydrogen-bond acceptors (Lipinski definition) is 3. The van der Waals surface area contributed by atoms with Crippen LogP contribution in [0.1, 0.15) is 33.9 Å². The predicted molar refractivity (Wildman–Crippen MR) is 86.6 cm³/mol. The lowest BCUT2D eigenvalue weighted by molar-refractivity contribution is 0.398. The Hall–Kier alpha value is -1.65. The van der Waals surface area contributed by atoms with Crippen molar-refractivity contribution in [2.75, 3.05) is 0 Å². The van der Waals surface area contributed by atoms with E-state index < -0.39 is 15.3 Å². The van der Waals surface area contributed by atoms with Crippen LogP contribution in [-0.2, 0) is 14.6 Å². The Morgan fingerprint density at radius 2 is 1.41 bits per heavy atom. The fourth-order valence-electron chi connectivity index (χ4n) is 3.04. The van der Waals surface area contributed by atoms with Gasteiger partial charge in [0.2, 0.25) is 9.84 Å². The van der Waals surface area contributed by atoms with E-state index in [0.29, 0.717) is 4.90 Å². The summed E-state index contributed by atoms with van der Waals surface area (Å²) in [6.45, 7) is 7.99. The third-order valence-electron chi connectivity index (χ3n) is 4.13. The Labute approximate surface area is 131 Å². The summed E-state index contributed by atoms with van der Waals surface area (Å²) in [5, 5.41) is 0. The Balaban J connectivity index is 1.93. The van der Waals surface area contributed by atoms with Crippen molar-refractivity contribution >= 4 is 9.84 Å². The van der Waals surface area contributed by atoms with E-state index in [1.807, 2.05) is 39.8 Å². The van der Waals surface area contributed by atoms with Gasteiger partial charge in [-0.1, -0.05) is 35.4 Å². The summed E-state index contributed by atoms with van der Waals surface area (Å²) in [4.78, 5) is 0.327. The van der Waals surface area contributed by atoms with Crippen molar-refractivity contribution in [1.29, 1.82) is 0 Å². The number of rotatable bonds is 3. The van der Waals surface area contributed by atoms with E-state index in [4.69, 9.17) is 4.74 Å². The number of benzene rings is 2. The highest BCUT2D eigenvalue weighted by atomic mass is 32.2. The molecule has 1 aliphatic rings. The van der Waals surface area contributed by atoms with Gasteiger partial charge in [0.05, 0.1) is 4.90 Å². The van der Waals surface area contributed by atoms with Gasteiger partial charge < -0.3 is 4.74 Å². The molecule has 2 atom stereocenters. The molecule has 0 bridgehead atoms. The van der Waals surface area contributed by atoms with Crippen LogP contribution >= 0.6 is 0 Å². The molecular formula is C18H20O3S. The number of hydrogen-bond donors (Lipinski definition) is 0. The van der Waals surface area contributed by atoms with Crippen molar-refractivity contribution in [2.45, 2.75) is 44.1 Å². The third kappa shape index (κ3) is 2.57. The number of epoxide rings is 1. The Bertz CT molecular complexity index is 797. The first-order chi connectivity index (χ1) is 10.3. The average molecular weight is 316 g/mol. The van der Waals surface area contributed by atoms with E-state index in [-0.39, 0.29) is 6.10 Å². The van der Waals surface area contributed by atoms with Crippen molar-refractivity contribution in [3.05, 3.63) is 64.2 Å². The van der Waals surface area contributed by atoms with Crippen molar-refractivity contribution in [1.82, 2.24) is 0 Å². The first-order valence-electron chi connectivity index (χ1n) is 7.34. The highest BCUT2D eigenvalue weighted by Crippen LogP contribution is 2.46. The molecule has 0 aromatic heterocycles. The first-order valence-corrected chi connectivity index (χ1v) is 8.89. The van der Waals surface area contributed by atoms with E-state index in [1.165, 1.54) is 5.56 Å². The van der Waals surface area contributed by atoms with Crippen LogP contribution in [0.25, 0.3) is 0 Å². The van der Waals surface area contributed by atoms with Gasteiger partial charge in [-0.25, -0.2) is 8.42 Å². The minimum absolute atomic E-state index is 0.327. The van der Waals surface area contributed by atoms with E-state index in [0.717, 1.165) is 22.3 Å². The molecule has 2 aromatic carbocycles. The van der Waals surface area contributed by atoms with Gasteiger partial charge in [-0.15, -0.1) is 0 Å². The molecule has 3 rings (SSSR count). The second-order valence-electron chi connectivity index (χ2n) is 6.10. The fourth-order valence-corrected chi connectivity index (χ4v) is 4.55. The Kier molecular flexibility index (Phi) is 3.62. The van der Waals surface area contributed by atoms with E-state index >= 15 is 0 Å². The van der Waals surface area contributed by atoms with Crippen LogP contribution in [0.15, 0.2) is 41.3 Å². The van der Waals surface area contributed by atoms with Crippen LogP contribution in [0.2, 0.25) is 0 Å². The molecule has 2 aromatic rings. The molecule has 3 nitrogen and oxygen atoms in total. The van der Waals surface area contributed by atoms with Crippen LogP contribution in [0.3, 0.4) is 0 Å². The largest absolute Gasteiger partial charge is 0.347 e. The van der Waals surface area contributed by atoms with Gasteiger partial charge in [0.15, 0.2) is 5.44 Å². The van der Waals surface area contributed by atoms with E-state index in [1.54, 1.807) is 12.1 Å². The quantitative estimate of drug-likeness (QED) is 0.809. The fraction of sp³-hybridized carbons (Fsp3) is 0.333. The summed E-state index contributed by atoms with van der Waals surface area (Å²) in [5.74, 6) is 0. The Morgan fingerprint density at radius 3 is 1.95 bits per heavy atom. The van der Waals surface area contributed by atoms with Gasteiger partial charge in [-0.05, 0) is 56.5 Å². The molecule has 2 unspecified atom stereocenters. The average Bonchev–Trinajstić information content (AvgIpc) is 3.19. The van der Waals surface area contributed by atoms with Gasteiger partial charge in [-0.3, -0.25) is 0 Å². The van der Waals surface area contributed by atoms with Gasteiger partial charge in [0, 0.05) is 0 Å². The summed E-state index contributed by atoms with van der Waals surface area (Å²) in [6.07, 6.45) is -0.355.